The number of anilines is 1. The Morgan fingerprint density at radius 3 is 2.72 bits per heavy atom. The van der Waals surface area contributed by atoms with Gasteiger partial charge >= 0.3 is 0 Å². The lowest BCUT2D eigenvalue weighted by Gasteiger charge is -2.33. The Morgan fingerprint density at radius 1 is 1.24 bits per heavy atom. The molecule has 3 heterocycles. The average Bonchev–Trinajstić information content (AvgIpc) is 3.07. The number of amides is 1. The standard InChI is InChI=1S/C18H13N5O2/c19-8-12-1-3-13(4-2-12)14-7-15-16(21-9-14)25-18(17(24)22-15)5-6-23(10-18)11-20/h1-4,7,9H,5-6,10H2,(H,22,24). The van der Waals surface area contributed by atoms with Gasteiger partial charge in [0.2, 0.25) is 11.5 Å². The van der Waals surface area contributed by atoms with Gasteiger partial charge in [-0.3, -0.25) is 4.79 Å². The number of benzene rings is 1. The van der Waals surface area contributed by atoms with Crippen molar-refractivity contribution in [3.8, 4) is 29.3 Å². The first-order chi connectivity index (χ1) is 12.1. The Hall–Kier alpha value is -3.58. The Labute approximate surface area is 144 Å². The number of carbonyl (C=O) groups excluding carboxylic acids is 1. The summed E-state index contributed by atoms with van der Waals surface area (Å²) in [5, 5.41) is 20.7. The molecule has 7 nitrogen and oxygen atoms in total. The van der Waals surface area contributed by atoms with Crippen LogP contribution in [0.4, 0.5) is 5.69 Å². The van der Waals surface area contributed by atoms with E-state index in [4.69, 9.17) is 15.3 Å². The van der Waals surface area contributed by atoms with Crippen molar-refractivity contribution in [2.24, 2.45) is 0 Å². The molecule has 0 aliphatic carbocycles. The first-order valence-corrected chi connectivity index (χ1v) is 7.79. The molecule has 0 bridgehead atoms. The van der Waals surface area contributed by atoms with E-state index in [0.29, 0.717) is 30.1 Å². The van der Waals surface area contributed by atoms with Crippen molar-refractivity contribution < 1.29 is 9.53 Å². The smallest absolute Gasteiger partial charge is 0.270 e. The van der Waals surface area contributed by atoms with Crippen molar-refractivity contribution in [2.45, 2.75) is 12.0 Å². The third kappa shape index (κ3) is 2.43. The molecule has 1 unspecified atom stereocenters. The highest BCUT2D eigenvalue weighted by atomic mass is 16.5. The van der Waals surface area contributed by atoms with Gasteiger partial charge in [0.05, 0.1) is 18.2 Å². The molecule has 7 heteroatoms. The minimum absolute atomic E-state index is 0.230. The van der Waals surface area contributed by atoms with Gasteiger partial charge < -0.3 is 15.0 Å². The molecule has 4 rings (SSSR count). The molecular formula is C18H13N5O2. The van der Waals surface area contributed by atoms with Crippen molar-refractivity contribution in [3.63, 3.8) is 0 Å². The predicted octanol–water partition coefficient (Wildman–Crippen LogP) is 1.88. The molecule has 122 valence electrons. The molecule has 1 amide bonds. The fourth-order valence-corrected chi connectivity index (χ4v) is 3.12. The zero-order valence-electron chi connectivity index (χ0n) is 13.2. The number of fused-ring (bicyclic) bond motifs is 1. The number of hydrogen-bond donors (Lipinski definition) is 1. The second-order valence-electron chi connectivity index (χ2n) is 6.09. The van der Waals surface area contributed by atoms with Gasteiger partial charge in [0.1, 0.15) is 5.69 Å². The van der Waals surface area contributed by atoms with Gasteiger partial charge in [0.15, 0.2) is 6.19 Å². The maximum absolute atomic E-state index is 12.5. The average molecular weight is 331 g/mol. The maximum Gasteiger partial charge on any atom is 0.270 e. The SMILES string of the molecule is N#Cc1ccc(-c2cnc3c(c2)NC(=O)C2(CCN(C#N)C2)O3)cc1. The minimum Gasteiger partial charge on any atom is -0.457 e. The number of pyridine rings is 1. The van der Waals surface area contributed by atoms with Gasteiger partial charge in [-0.15, -0.1) is 0 Å². The van der Waals surface area contributed by atoms with Crippen LogP contribution >= 0.6 is 0 Å². The molecule has 1 fully saturated rings. The Balaban J connectivity index is 1.65. The fraction of sp³-hybridized carbons (Fsp3) is 0.222. The number of aromatic nitrogens is 1. The molecule has 2 aliphatic rings. The summed E-state index contributed by atoms with van der Waals surface area (Å²) in [5.74, 6) is 0.105. The van der Waals surface area contributed by atoms with E-state index >= 15 is 0 Å². The van der Waals surface area contributed by atoms with Crippen LogP contribution < -0.4 is 10.1 Å². The lowest BCUT2D eigenvalue weighted by molar-refractivity contribution is -0.131. The summed E-state index contributed by atoms with van der Waals surface area (Å²) in [6.45, 7) is 0.719. The van der Waals surface area contributed by atoms with Crippen LogP contribution in [0, 0.1) is 22.8 Å². The Kier molecular flexibility index (Phi) is 3.29. The van der Waals surface area contributed by atoms with Gasteiger partial charge in [0.25, 0.3) is 5.91 Å². The van der Waals surface area contributed by atoms with Gasteiger partial charge in [-0.05, 0) is 23.8 Å². The number of likely N-dealkylation sites (tertiary alicyclic amines) is 1. The van der Waals surface area contributed by atoms with Crippen molar-refractivity contribution >= 4 is 11.6 Å². The summed E-state index contributed by atoms with van der Waals surface area (Å²) in [6, 6.07) is 11.0. The quantitative estimate of drug-likeness (QED) is 0.801. The highest BCUT2D eigenvalue weighted by Crippen LogP contribution is 2.38. The van der Waals surface area contributed by atoms with Crippen LogP contribution in [0.2, 0.25) is 0 Å². The summed E-state index contributed by atoms with van der Waals surface area (Å²) in [5.41, 5.74) is 1.74. The number of nitriles is 2. The molecule has 0 saturated carbocycles. The third-order valence-corrected chi connectivity index (χ3v) is 4.53. The van der Waals surface area contributed by atoms with Gasteiger partial charge in [-0.2, -0.15) is 10.5 Å². The van der Waals surface area contributed by atoms with E-state index in [9.17, 15) is 4.79 Å². The summed E-state index contributed by atoms with van der Waals surface area (Å²) < 4.78 is 5.89. The Bertz CT molecular complexity index is 941. The van der Waals surface area contributed by atoms with Crippen LogP contribution in [0.25, 0.3) is 11.1 Å². The van der Waals surface area contributed by atoms with E-state index < -0.39 is 5.60 Å². The highest BCUT2D eigenvalue weighted by molar-refractivity contribution is 6.01. The fourth-order valence-electron chi connectivity index (χ4n) is 3.12. The molecule has 1 aromatic carbocycles. The number of ether oxygens (including phenoxy) is 1. The Morgan fingerprint density at radius 2 is 2.04 bits per heavy atom. The van der Waals surface area contributed by atoms with E-state index in [1.807, 2.05) is 18.3 Å². The van der Waals surface area contributed by atoms with Gasteiger partial charge in [-0.25, -0.2) is 4.98 Å². The van der Waals surface area contributed by atoms with Crippen LogP contribution in [-0.4, -0.2) is 34.5 Å². The monoisotopic (exact) mass is 331 g/mol. The van der Waals surface area contributed by atoms with Crippen molar-refractivity contribution in [1.82, 2.24) is 9.88 Å². The summed E-state index contributed by atoms with van der Waals surface area (Å²) in [4.78, 5) is 18.4. The molecule has 2 aromatic rings. The predicted molar refractivity (Wildman–Crippen MR) is 88.2 cm³/mol. The summed E-state index contributed by atoms with van der Waals surface area (Å²) in [7, 11) is 0. The number of nitrogens with zero attached hydrogens (tertiary/aromatic N) is 4. The van der Waals surface area contributed by atoms with Crippen molar-refractivity contribution in [3.05, 3.63) is 42.1 Å². The molecule has 2 aliphatic heterocycles. The van der Waals surface area contributed by atoms with E-state index in [1.54, 1.807) is 24.4 Å². The number of hydrogen-bond acceptors (Lipinski definition) is 6. The van der Waals surface area contributed by atoms with Crippen LogP contribution in [0.5, 0.6) is 5.88 Å². The van der Waals surface area contributed by atoms with Crippen LogP contribution in [-0.2, 0) is 4.79 Å². The topological polar surface area (TPSA) is 102 Å². The van der Waals surface area contributed by atoms with Crippen LogP contribution in [0.3, 0.4) is 0 Å². The normalized spacial score (nSPS) is 21.0. The van der Waals surface area contributed by atoms with Crippen LogP contribution in [0.15, 0.2) is 36.5 Å². The van der Waals surface area contributed by atoms with Crippen molar-refractivity contribution in [2.75, 3.05) is 18.4 Å². The van der Waals surface area contributed by atoms with E-state index in [2.05, 4.69) is 16.4 Å². The molecule has 1 N–H and O–H groups in total. The first kappa shape index (κ1) is 15.0. The summed E-state index contributed by atoms with van der Waals surface area (Å²) >= 11 is 0. The second-order valence-corrected chi connectivity index (χ2v) is 6.09. The highest BCUT2D eigenvalue weighted by Gasteiger charge is 2.50. The van der Waals surface area contributed by atoms with E-state index in [-0.39, 0.29) is 12.5 Å². The lowest BCUT2D eigenvalue weighted by atomic mass is 9.99. The van der Waals surface area contributed by atoms with E-state index in [1.165, 1.54) is 4.90 Å². The number of carbonyl (C=O) groups is 1. The molecule has 1 atom stereocenters. The third-order valence-electron chi connectivity index (χ3n) is 4.53. The molecule has 0 radical (unpaired) electrons. The largest absolute Gasteiger partial charge is 0.457 e. The number of rotatable bonds is 1. The van der Waals surface area contributed by atoms with Gasteiger partial charge in [0, 0.05) is 24.7 Å². The molecule has 1 saturated heterocycles. The second kappa shape index (κ2) is 5.50. The van der Waals surface area contributed by atoms with Gasteiger partial charge in [-0.1, -0.05) is 12.1 Å². The molecule has 1 spiro atoms. The zero-order chi connectivity index (χ0) is 17.4. The van der Waals surface area contributed by atoms with Crippen LogP contribution in [0.1, 0.15) is 12.0 Å². The molecular weight excluding hydrogens is 318 g/mol. The van der Waals surface area contributed by atoms with E-state index in [0.717, 1.165) is 11.1 Å². The lowest BCUT2D eigenvalue weighted by Crippen LogP contribution is -2.52. The summed E-state index contributed by atoms with van der Waals surface area (Å²) in [6.07, 6.45) is 4.17. The molecule has 25 heavy (non-hydrogen) atoms. The maximum atomic E-state index is 12.5. The zero-order valence-corrected chi connectivity index (χ0v) is 13.2. The first-order valence-electron chi connectivity index (χ1n) is 7.79. The molecule has 1 aromatic heterocycles. The van der Waals surface area contributed by atoms with Crippen molar-refractivity contribution in [1.29, 1.82) is 10.5 Å². The minimum atomic E-state index is -1.05. The number of nitrogens with one attached hydrogen (secondary N) is 1.